The number of H-pyrrole nitrogens is 1. The molecule has 0 radical (unpaired) electrons. The van der Waals surface area contributed by atoms with Crippen LogP contribution in [-0.4, -0.2) is 15.0 Å². The highest BCUT2D eigenvalue weighted by molar-refractivity contribution is 7.22. The number of hydrogen-bond acceptors (Lipinski definition) is 4. The molecule has 0 saturated heterocycles. The Bertz CT molecular complexity index is 908. The maximum atomic E-state index is 5.77. The van der Waals surface area contributed by atoms with Gasteiger partial charge in [0.2, 0.25) is 0 Å². The predicted octanol–water partition coefficient (Wildman–Crippen LogP) is 3.94. The van der Waals surface area contributed by atoms with Crippen molar-refractivity contribution in [1.29, 1.82) is 0 Å². The fourth-order valence-electron chi connectivity index (χ4n) is 2.43. The number of aromatic nitrogens is 3. The topological polar surface area (TPSA) is 67.6 Å². The van der Waals surface area contributed by atoms with Crippen LogP contribution in [0.2, 0.25) is 0 Å². The molecule has 0 bridgehead atoms. The molecule has 0 fully saturated rings. The Balaban J connectivity index is 1.87. The first-order valence-corrected chi connectivity index (χ1v) is 7.38. The van der Waals surface area contributed by atoms with E-state index in [4.69, 9.17) is 5.73 Å². The maximum absolute atomic E-state index is 5.77. The van der Waals surface area contributed by atoms with Gasteiger partial charge in [-0.2, -0.15) is 0 Å². The lowest BCUT2D eigenvalue weighted by Crippen LogP contribution is -1.83. The third-order valence-corrected chi connectivity index (χ3v) is 4.23. The number of anilines is 1. The van der Waals surface area contributed by atoms with Crippen LogP contribution >= 0.6 is 11.3 Å². The minimum Gasteiger partial charge on any atom is -0.375 e. The van der Waals surface area contributed by atoms with Crippen LogP contribution in [0.3, 0.4) is 0 Å². The number of thiazole rings is 1. The molecule has 4 aromatic rings. The average molecular weight is 292 g/mol. The molecule has 0 aliphatic rings. The number of aromatic amines is 1. The third kappa shape index (κ3) is 2.08. The number of nitrogens with zero attached hydrogens (tertiary/aromatic N) is 2. The van der Waals surface area contributed by atoms with Crippen molar-refractivity contribution < 1.29 is 0 Å². The fraction of sp³-hybridized carbons (Fsp3) is 0. The van der Waals surface area contributed by atoms with Crippen molar-refractivity contribution in [1.82, 2.24) is 15.0 Å². The first kappa shape index (κ1) is 12.1. The minimum absolute atomic E-state index is 0.593. The molecule has 0 spiro atoms. The summed E-state index contributed by atoms with van der Waals surface area (Å²) in [4.78, 5) is 12.0. The number of nitrogen functional groups attached to an aromatic ring is 1. The molecule has 0 atom stereocenters. The molecular weight excluding hydrogens is 280 g/mol. The zero-order chi connectivity index (χ0) is 14.2. The number of nitrogens with one attached hydrogen (secondary N) is 1. The van der Waals surface area contributed by atoms with Crippen molar-refractivity contribution in [3.05, 3.63) is 54.9 Å². The lowest BCUT2D eigenvalue weighted by Gasteiger charge is -2.03. The standard InChI is InChI=1S/C16H12N4S/c17-16-20-12-7-6-11(8-13(12)21-16)15-14(18-9-19-15)10-4-2-1-3-5-10/h1-9H,(H2,17,20)(H,18,19). The highest BCUT2D eigenvalue weighted by atomic mass is 32.1. The molecule has 0 aliphatic carbocycles. The first-order valence-electron chi connectivity index (χ1n) is 6.56. The van der Waals surface area contributed by atoms with Gasteiger partial charge in [-0.1, -0.05) is 47.7 Å². The van der Waals surface area contributed by atoms with E-state index in [1.165, 1.54) is 11.3 Å². The molecule has 0 amide bonds. The van der Waals surface area contributed by atoms with E-state index in [0.717, 1.165) is 32.7 Å². The van der Waals surface area contributed by atoms with E-state index in [1.54, 1.807) is 6.33 Å². The summed E-state index contributed by atoms with van der Waals surface area (Å²) in [6.45, 7) is 0. The average Bonchev–Trinajstić information content (AvgIpc) is 3.12. The second-order valence-corrected chi connectivity index (χ2v) is 5.79. The van der Waals surface area contributed by atoms with Crippen LogP contribution in [0.5, 0.6) is 0 Å². The van der Waals surface area contributed by atoms with Crippen LogP contribution < -0.4 is 5.73 Å². The molecule has 2 aromatic heterocycles. The zero-order valence-corrected chi connectivity index (χ0v) is 11.9. The van der Waals surface area contributed by atoms with E-state index in [9.17, 15) is 0 Å². The van der Waals surface area contributed by atoms with Crippen molar-refractivity contribution in [3.8, 4) is 22.5 Å². The summed E-state index contributed by atoms with van der Waals surface area (Å²) in [6, 6.07) is 16.3. The highest BCUT2D eigenvalue weighted by Crippen LogP contribution is 2.32. The van der Waals surface area contributed by atoms with Gasteiger partial charge in [-0.3, -0.25) is 0 Å². The maximum Gasteiger partial charge on any atom is 0.181 e. The molecule has 0 aliphatic heterocycles. The Labute approximate surface area is 125 Å². The SMILES string of the molecule is Nc1nc2ccc(-c3[nH]cnc3-c3ccccc3)cc2s1. The summed E-state index contributed by atoms with van der Waals surface area (Å²) < 4.78 is 1.08. The first-order chi connectivity index (χ1) is 10.3. The zero-order valence-electron chi connectivity index (χ0n) is 11.1. The Morgan fingerprint density at radius 2 is 1.86 bits per heavy atom. The molecule has 2 aromatic carbocycles. The molecule has 21 heavy (non-hydrogen) atoms. The van der Waals surface area contributed by atoms with Gasteiger partial charge in [0.15, 0.2) is 5.13 Å². The number of nitrogens with two attached hydrogens (primary N) is 1. The van der Waals surface area contributed by atoms with Gasteiger partial charge in [-0.05, 0) is 12.1 Å². The molecule has 0 saturated carbocycles. The van der Waals surface area contributed by atoms with Crippen molar-refractivity contribution in [3.63, 3.8) is 0 Å². The van der Waals surface area contributed by atoms with Crippen LogP contribution in [0.4, 0.5) is 5.13 Å². The van der Waals surface area contributed by atoms with Crippen LogP contribution in [-0.2, 0) is 0 Å². The molecule has 4 rings (SSSR count). The van der Waals surface area contributed by atoms with Crippen molar-refractivity contribution in [2.45, 2.75) is 0 Å². The number of fused-ring (bicyclic) bond motifs is 1. The van der Waals surface area contributed by atoms with Gasteiger partial charge in [0.1, 0.15) is 0 Å². The van der Waals surface area contributed by atoms with E-state index in [0.29, 0.717) is 5.13 Å². The van der Waals surface area contributed by atoms with E-state index in [1.807, 2.05) is 30.3 Å². The van der Waals surface area contributed by atoms with Crippen molar-refractivity contribution >= 4 is 26.7 Å². The largest absolute Gasteiger partial charge is 0.375 e. The summed E-state index contributed by atoms with van der Waals surface area (Å²) in [7, 11) is 0. The van der Waals surface area contributed by atoms with Gasteiger partial charge in [-0.25, -0.2) is 9.97 Å². The monoisotopic (exact) mass is 292 g/mol. The predicted molar refractivity (Wildman–Crippen MR) is 87.1 cm³/mol. The summed E-state index contributed by atoms with van der Waals surface area (Å²) in [5, 5.41) is 0.593. The molecular formula is C16H12N4S. The summed E-state index contributed by atoms with van der Waals surface area (Å²) in [5.41, 5.74) is 10.8. The van der Waals surface area contributed by atoms with Gasteiger partial charge in [-0.15, -0.1) is 0 Å². The third-order valence-electron chi connectivity index (χ3n) is 3.38. The van der Waals surface area contributed by atoms with E-state index in [2.05, 4.69) is 33.2 Å². The van der Waals surface area contributed by atoms with E-state index >= 15 is 0 Å². The van der Waals surface area contributed by atoms with Crippen LogP contribution in [0.15, 0.2) is 54.9 Å². The normalized spacial score (nSPS) is 11.0. The number of imidazole rings is 1. The Morgan fingerprint density at radius 1 is 1.00 bits per heavy atom. The summed E-state index contributed by atoms with van der Waals surface area (Å²) in [6.07, 6.45) is 1.73. The molecule has 102 valence electrons. The van der Waals surface area contributed by atoms with E-state index in [-0.39, 0.29) is 0 Å². The Kier molecular flexibility index (Phi) is 2.72. The van der Waals surface area contributed by atoms with Crippen LogP contribution in [0.25, 0.3) is 32.7 Å². The van der Waals surface area contributed by atoms with Crippen molar-refractivity contribution in [2.75, 3.05) is 5.73 Å². The van der Waals surface area contributed by atoms with Crippen molar-refractivity contribution in [2.24, 2.45) is 0 Å². The molecule has 3 N–H and O–H groups in total. The lowest BCUT2D eigenvalue weighted by atomic mass is 10.1. The van der Waals surface area contributed by atoms with Gasteiger partial charge in [0.25, 0.3) is 0 Å². The number of benzene rings is 2. The van der Waals surface area contributed by atoms with Gasteiger partial charge in [0.05, 0.1) is 27.9 Å². The number of rotatable bonds is 2. The second kappa shape index (κ2) is 4.71. The van der Waals surface area contributed by atoms with Gasteiger partial charge >= 0.3 is 0 Å². The molecule has 5 heteroatoms. The smallest absolute Gasteiger partial charge is 0.181 e. The minimum atomic E-state index is 0.593. The molecule has 0 unspecified atom stereocenters. The number of hydrogen-bond donors (Lipinski definition) is 2. The Morgan fingerprint density at radius 3 is 2.71 bits per heavy atom. The second-order valence-electron chi connectivity index (χ2n) is 4.73. The quantitative estimate of drug-likeness (QED) is 0.588. The Hall–Kier alpha value is -2.66. The summed E-state index contributed by atoms with van der Waals surface area (Å²) in [5.74, 6) is 0. The highest BCUT2D eigenvalue weighted by Gasteiger charge is 2.11. The van der Waals surface area contributed by atoms with Crippen LogP contribution in [0, 0.1) is 0 Å². The summed E-state index contributed by atoms with van der Waals surface area (Å²) >= 11 is 1.50. The lowest BCUT2D eigenvalue weighted by molar-refractivity contribution is 1.31. The molecule has 4 nitrogen and oxygen atoms in total. The van der Waals surface area contributed by atoms with Gasteiger partial charge in [0, 0.05) is 11.1 Å². The molecule has 2 heterocycles. The van der Waals surface area contributed by atoms with E-state index < -0.39 is 0 Å². The van der Waals surface area contributed by atoms with Gasteiger partial charge < -0.3 is 10.7 Å². The van der Waals surface area contributed by atoms with Crippen LogP contribution in [0.1, 0.15) is 0 Å². The fourth-order valence-corrected chi connectivity index (χ4v) is 3.20.